The molecule has 1 heterocycles. The summed E-state index contributed by atoms with van der Waals surface area (Å²) in [5, 5.41) is 0. The fourth-order valence-electron chi connectivity index (χ4n) is 2.20. The average molecular weight is 294 g/mol. The van der Waals surface area contributed by atoms with Gasteiger partial charge in [-0.3, -0.25) is 4.90 Å². The van der Waals surface area contributed by atoms with Crippen LogP contribution in [-0.4, -0.2) is 54.2 Å². The van der Waals surface area contributed by atoms with Crippen molar-refractivity contribution in [2.45, 2.75) is 46.1 Å². The van der Waals surface area contributed by atoms with Crippen LogP contribution in [0.3, 0.4) is 0 Å². The number of rotatable bonds is 5. The maximum Gasteiger partial charge on any atom is 0.410 e. The number of nitrogens with zero attached hydrogens (tertiary/aromatic N) is 2. The summed E-state index contributed by atoms with van der Waals surface area (Å²) in [6.45, 7) is 12.3. The second-order valence-corrected chi connectivity index (χ2v) is 6.41. The highest BCUT2D eigenvalue weighted by Crippen LogP contribution is 2.12. The van der Waals surface area contributed by atoms with Crippen molar-refractivity contribution in [3.63, 3.8) is 0 Å². The number of carbonyl (C=O) groups is 1. The van der Waals surface area contributed by atoms with E-state index in [4.69, 9.17) is 4.74 Å². The molecular formula is C17H30N2O2. The maximum atomic E-state index is 12.0. The van der Waals surface area contributed by atoms with Crippen molar-refractivity contribution < 1.29 is 9.53 Å². The van der Waals surface area contributed by atoms with Crippen LogP contribution < -0.4 is 0 Å². The van der Waals surface area contributed by atoms with E-state index in [1.54, 1.807) is 0 Å². The molecule has 0 atom stereocenters. The summed E-state index contributed by atoms with van der Waals surface area (Å²) in [7, 11) is 0. The number of unbranched alkanes of at least 4 members (excludes halogenated alkanes) is 1. The second kappa shape index (κ2) is 8.88. The van der Waals surface area contributed by atoms with Gasteiger partial charge >= 0.3 is 6.09 Å². The number of amides is 1. The Morgan fingerprint density at radius 3 is 2.38 bits per heavy atom. The van der Waals surface area contributed by atoms with Crippen LogP contribution in [0, 0.1) is 0 Å². The van der Waals surface area contributed by atoms with Crippen LogP contribution in [0.5, 0.6) is 0 Å². The van der Waals surface area contributed by atoms with Crippen LogP contribution in [0.1, 0.15) is 40.5 Å². The molecule has 0 aromatic heterocycles. The fourth-order valence-corrected chi connectivity index (χ4v) is 2.20. The van der Waals surface area contributed by atoms with Gasteiger partial charge in [0.1, 0.15) is 5.60 Å². The van der Waals surface area contributed by atoms with E-state index in [0.29, 0.717) is 0 Å². The van der Waals surface area contributed by atoms with Crippen molar-refractivity contribution in [3.05, 3.63) is 24.3 Å². The molecule has 0 saturated carbocycles. The van der Waals surface area contributed by atoms with Crippen molar-refractivity contribution >= 4 is 6.09 Å². The molecule has 1 aliphatic rings. The molecule has 0 spiro atoms. The van der Waals surface area contributed by atoms with Gasteiger partial charge in [0.15, 0.2) is 0 Å². The highest BCUT2D eigenvalue weighted by molar-refractivity contribution is 5.68. The molecule has 0 unspecified atom stereocenters. The number of hydrogen-bond acceptors (Lipinski definition) is 3. The summed E-state index contributed by atoms with van der Waals surface area (Å²) in [5.41, 5.74) is -0.409. The van der Waals surface area contributed by atoms with Gasteiger partial charge < -0.3 is 9.64 Å². The topological polar surface area (TPSA) is 32.8 Å². The first kappa shape index (κ1) is 17.8. The number of carbonyl (C=O) groups excluding carboxylic acids is 1. The van der Waals surface area contributed by atoms with Crippen LogP contribution in [0.4, 0.5) is 4.79 Å². The van der Waals surface area contributed by atoms with Crippen LogP contribution in [0.2, 0.25) is 0 Å². The van der Waals surface area contributed by atoms with Crippen LogP contribution in [0.25, 0.3) is 0 Å². The number of allylic oxidation sites excluding steroid dienone is 4. The molecule has 1 fully saturated rings. The van der Waals surface area contributed by atoms with Gasteiger partial charge in [0.2, 0.25) is 0 Å². The fraction of sp³-hybridized carbons (Fsp3) is 0.706. The lowest BCUT2D eigenvalue weighted by Gasteiger charge is -2.35. The zero-order chi connectivity index (χ0) is 15.7. The van der Waals surface area contributed by atoms with Crippen molar-refractivity contribution in [3.8, 4) is 0 Å². The lowest BCUT2D eigenvalue weighted by molar-refractivity contribution is 0.0145. The third kappa shape index (κ3) is 7.90. The SMILES string of the molecule is C/C=C\C=C\CCCN1CCN(C(=O)OC(C)(C)C)CC1. The van der Waals surface area contributed by atoms with E-state index in [1.165, 1.54) is 6.42 Å². The van der Waals surface area contributed by atoms with Crippen molar-refractivity contribution in [2.24, 2.45) is 0 Å². The molecule has 1 amide bonds. The lowest BCUT2D eigenvalue weighted by Crippen LogP contribution is -2.50. The molecule has 120 valence electrons. The Kier molecular flexibility index (Phi) is 7.51. The Hall–Kier alpha value is -1.29. The van der Waals surface area contributed by atoms with E-state index in [0.717, 1.165) is 39.1 Å². The van der Waals surface area contributed by atoms with Gasteiger partial charge in [0.05, 0.1) is 0 Å². The molecule has 4 heteroatoms. The van der Waals surface area contributed by atoms with Gasteiger partial charge in [0, 0.05) is 26.2 Å². The first-order chi connectivity index (χ1) is 9.92. The van der Waals surface area contributed by atoms with E-state index in [2.05, 4.69) is 23.1 Å². The summed E-state index contributed by atoms with van der Waals surface area (Å²) in [4.78, 5) is 16.2. The number of piperazine rings is 1. The molecular weight excluding hydrogens is 264 g/mol. The van der Waals surface area contributed by atoms with E-state index in [1.807, 2.05) is 38.7 Å². The summed E-state index contributed by atoms with van der Waals surface area (Å²) < 4.78 is 5.40. The quantitative estimate of drug-likeness (QED) is 0.575. The zero-order valence-electron chi connectivity index (χ0n) is 14.0. The number of ether oxygens (including phenoxy) is 1. The van der Waals surface area contributed by atoms with E-state index >= 15 is 0 Å². The molecule has 0 aromatic rings. The largest absolute Gasteiger partial charge is 0.444 e. The Balaban J connectivity index is 2.19. The smallest absolute Gasteiger partial charge is 0.410 e. The molecule has 1 aliphatic heterocycles. The first-order valence-electron chi connectivity index (χ1n) is 7.90. The summed E-state index contributed by atoms with van der Waals surface area (Å²) in [6.07, 6.45) is 10.5. The molecule has 0 N–H and O–H groups in total. The van der Waals surface area contributed by atoms with Crippen LogP contribution in [-0.2, 0) is 4.74 Å². The summed E-state index contributed by atoms with van der Waals surface area (Å²) in [5.74, 6) is 0. The van der Waals surface area contributed by atoms with E-state index in [9.17, 15) is 4.79 Å². The molecule has 1 rings (SSSR count). The first-order valence-corrected chi connectivity index (χ1v) is 7.90. The minimum Gasteiger partial charge on any atom is -0.444 e. The normalized spacial score (nSPS) is 17.8. The molecule has 1 saturated heterocycles. The lowest BCUT2D eigenvalue weighted by atomic mass is 10.2. The molecule has 0 aliphatic carbocycles. The minimum atomic E-state index is -0.409. The summed E-state index contributed by atoms with van der Waals surface area (Å²) in [6, 6.07) is 0. The van der Waals surface area contributed by atoms with Gasteiger partial charge in [-0.1, -0.05) is 24.3 Å². The minimum absolute atomic E-state index is 0.184. The molecule has 0 radical (unpaired) electrons. The third-order valence-corrected chi connectivity index (χ3v) is 3.31. The van der Waals surface area contributed by atoms with Gasteiger partial charge in [0.25, 0.3) is 0 Å². The Bertz CT molecular complexity index is 361. The standard InChI is InChI=1S/C17H30N2O2/c1-5-6-7-8-9-10-11-18-12-14-19(15-13-18)16(20)21-17(2,3)4/h5-8H,9-15H2,1-4H3/b6-5-,8-7+. The molecule has 0 aromatic carbocycles. The summed E-state index contributed by atoms with van der Waals surface area (Å²) >= 11 is 0. The van der Waals surface area contributed by atoms with Crippen molar-refractivity contribution in [1.29, 1.82) is 0 Å². The average Bonchev–Trinajstić information content (AvgIpc) is 2.41. The van der Waals surface area contributed by atoms with Crippen LogP contribution >= 0.6 is 0 Å². The van der Waals surface area contributed by atoms with Gasteiger partial charge in [-0.25, -0.2) is 4.79 Å². The maximum absolute atomic E-state index is 12.0. The van der Waals surface area contributed by atoms with E-state index in [-0.39, 0.29) is 6.09 Å². The van der Waals surface area contributed by atoms with Crippen molar-refractivity contribution in [2.75, 3.05) is 32.7 Å². The van der Waals surface area contributed by atoms with Gasteiger partial charge in [-0.2, -0.15) is 0 Å². The number of hydrogen-bond donors (Lipinski definition) is 0. The third-order valence-electron chi connectivity index (χ3n) is 3.31. The van der Waals surface area contributed by atoms with Crippen LogP contribution in [0.15, 0.2) is 24.3 Å². The monoisotopic (exact) mass is 294 g/mol. The highest BCUT2D eigenvalue weighted by Gasteiger charge is 2.25. The Morgan fingerprint density at radius 1 is 1.14 bits per heavy atom. The molecule has 0 bridgehead atoms. The van der Waals surface area contributed by atoms with Gasteiger partial charge in [-0.05, 0) is 47.1 Å². The zero-order valence-corrected chi connectivity index (χ0v) is 14.0. The Labute approximate surface area is 129 Å². The van der Waals surface area contributed by atoms with Crippen molar-refractivity contribution in [1.82, 2.24) is 9.80 Å². The predicted octanol–water partition coefficient (Wildman–Crippen LogP) is 3.45. The molecule has 4 nitrogen and oxygen atoms in total. The molecule has 21 heavy (non-hydrogen) atoms. The second-order valence-electron chi connectivity index (χ2n) is 6.41. The van der Waals surface area contributed by atoms with E-state index < -0.39 is 5.60 Å². The predicted molar refractivity (Wildman–Crippen MR) is 87.4 cm³/mol. The Morgan fingerprint density at radius 2 is 1.81 bits per heavy atom. The highest BCUT2D eigenvalue weighted by atomic mass is 16.6. The van der Waals surface area contributed by atoms with Gasteiger partial charge in [-0.15, -0.1) is 0 Å².